The Morgan fingerprint density at radius 1 is 1.21 bits per heavy atom. The molecular weight excluding hydrogens is 258 g/mol. The Balaban J connectivity index is 2.62. The Labute approximate surface area is 119 Å². The van der Waals surface area contributed by atoms with Crippen LogP contribution in [0.15, 0.2) is 24.3 Å². The van der Waals surface area contributed by atoms with Crippen molar-refractivity contribution in [2.75, 3.05) is 5.75 Å². The second-order valence-corrected chi connectivity index (χ2v) is 7.01. The predicted octanol–water partition coefficient (Wildman–Crippen LogP) is 3.02. The Hall–Kier alpha value is -0.870. The van der Waals surface area contributed by atoms with Gasteiger partial charge >= 0.3 is 0 Å². The number of nitrogens with two attached hydrogens (primary N) is 1. The van der Waals surface area contributed by atoms with Crippen molar-refractivity contribution in [3.63, 3.8) is 0 Å². The van der Waals surface area contributed by atoms with Crippen LogP contribution in [0.2, 0.25) is 0 Å². The van der Waals surface area contributed by atoms with Crippen molar-refractivity contribution < 1.29 is 8.95 Å². The third-order valence-corrected chi connectivity index (χ3v) is 4.97. The highest BCUT2D eigenvalue weighted by Crippen LogP contribution is 2.19. The molecule has 3 unspecified atom stereocenters. The first-order chi connectivity index (χ1) is 8.93. The first-order valence-electron chi connectivity index (χ1n) is 6.83. The van der Waals surface area contributed by atoms with Crippen LogP contribution in [0.3, 0.4) is 0 Å². The Kier molecular flexibility index (Phi) is 6.52. The van der Waals surface area contributed by atoms with Gasteiger partial charge in [0.2, 0.25) is 0 Å². The molecule has 0 saturated heterocycles. The lowest BCUT2D eigenvalue weighted by atomic mass is 10.1. The normalized spacial score (nSPS) is 16.1. The van der Waals surface area contributed by atoms with E-state index in [1.165, 1.54) is 0 Å². The zero-order chi connectivity index (χ0) is 14.4. The molecule has 1 aromatic carbocycles. The summed E-state index contributed by atoms with van der Waals surface area (Å²) in [6.07, 6.45) is 1.08. The molecule has 0 heterocycles. The fourth-order valence-electron chi connectivity index (χ4n) is 1.69. The van der Waals surface area contributed by atoms with Crippen LogP contribution in [0.1, 0.15) is 45.7 Å². The summed E-state index contributed by atoms with van der Waals surface area (Å²) in [7, 11) is -0.866. The number of rotatable bonds is 7. The monoisotopic (exact) mass is 283 g/mol. The Morgan fingerprint density at radius 3 is 2.26 bits per heavy atom. The van der Waals surface area contributed by atoms with Gasteiger partial charge in [0, 0.05) is 27.8 Å². The molecule has 2 N–H and O–H groups in total. The molecule has 1 rings (SSSR count). The fraction of sp³-hybridized carbons (Fsp3) is 0.600. The SMILES string of the molecule is CCC(C)S(=O)CC(N)c1ccc(OC(C)C)cc1. The molecule has 0 fully saturated rings. The fourth-order valence-corrected chi connectivity index (χ4v) is 2.94. The summed E-state index contributed by atoms with van der Waals surface area (Å²) in [4.78, 5) is 0. The van der Waals surface area contributed by atoms with E-state index >= 15 is 0 Å². The van der Waals surface area contributed by atoms with Crippen LogP contribution in [0.4, 0.5) is 0 Å². The average Bonchev–Trinajstić information content (AvgIpc) is 2.37. The van der Waals surface area contributed by atoms with Gasteiger partial charge in [0.25, 0.3) is 0 Å². The van der Waals surface area contributed by atoms with Crippen LogP contribution < -0.4 is 10.5 Å². The van der Waals surface area contributed by atoms with E-state index in [2.05, 4.69) is 0 Å². The van der Waals surface area contributed by atoms with Gasteiger partial charge in [-0.05, 0) is 38.0 Å². The van der Waals surface area contributed by atoms with E-state index in [0.29, 0.717) is 5.75 Å². The highest BCUT2D eigenvalue weighted by molar-refractivity contribution is 7.85. The van der Waals surface area contributed by atoms with Gasteiger partial charge in [-0.2, -0.15) is 0 Å². The van der Waals surface area contributed by atoms with Gasteiger partial charge in [-0.3, -0.25) is 4.21 Å². The Bertz CT molecular complexity index is 403. The highest BCUT2D eigenvalue weighted by Gasteiger charge is 2.15. The van der Waals surface area contributed by atoms with E-state index in [4.69, 9.17) is 10.5 Å². The molecule has 0 saturated carbocycles. The van der Waals surface area contributed by atoms with Crippen molar-refractivity contribution in [3.8, 4) is 5.75 Å². The number of hydrogen-bond acceptors (Lipinski definition) is 3. The number of benzene rings is 1. The van der Waals surface area contributed by atoms with E-state index in [-0.39, 0.29) is 17.4 Å². The second kappa shape index (κ2) is 7.65. The van der Waals surface area contributed by atoms with Crippen molar-refractivity contribution in [1.29, 1.82) is 0 Å². The second-order valence-electron chi connectivity index (χ2n) is 5.11. The zero-order valence-corrected chi connectivity index (χ0v) is 13.1. The molecule has 0 aliphatic heterocycles. The van der Waals surface area contributed by atoms with E-state index < -0.39 is 10.8 Å². The molecule has 0 spiro atoms. The van der Waals surface area contributed by atoms with Crippen LogP contribution in [0.25, 0.3) is 0 Å². The van der Waals surface area contributed by atoms with Gasteiger partial charge in [0.15, 0.2) is 0 Å². The molecule has 4 heteroatoms. The minimum Gasteiger partial charge on any atom is -0.491 e. The standard InChI is InChI=1S/C15H25NO2S/c1-5-12(4)19(17)10-15(16)13-6-8-14(9-7-13)18-11(2)3/h6-9,11-12,15H,5,10,16H2,1-4H3. The van der Waals surface area contributed by atoms with Crippen LogP contribution >= 0.6 is 0 Å². The average molecular weight is 283 g/mol. The molecular formula is C15H25NO2S. The van der Waals surface area contributed by atoms with Crippen LogP contribution in [0.5, 0.6) is 5.75 Å². The number of hydrogen-bond donors (Lipinski definition) is 1. The molecule has 108 valence electrons. The molecule has 0 bridgehead atoms. The molecule has 19 heavy (non-hydrogen) atoms. The van der Waals surface area contributed by atoms with Gasteiger partial charge in [0.1, 0.15) is 5.75 Å². The summed E-state index contributed by atoms with van der Waals surface area (Å²) in [5.74, 6) is 1.35. The lowest BCUT2D eigenvalue weighted by Gasteiger charge is -2.16. The summed E-state index contributed by atoms with van der Waals surface area (Å²) in [5.41, 5.74) is 7.11. The van der Waals surface area contributed by atoms with Gasteiger partial charge in [0.05, 0.1) is 6.10 Å². The molecule has 1 aromatic rings. The summed E-state index contributed by atoms with van der Waals surface area (Å²) in [6, 6.07) is 7.57. The van der Waals surface area contributed by atoms with Crippen LogP contribution in [-0.2, 0) is 10.8 Å². The molecule has 0 aromatic heterocycles. The van der Waals surface area contributed by atoms with Gasteiger partial charge in [-0.25, -0.2) is 0 Å². The predicted molar refractivity (Wildman–Crippen MR) is 81.9 cm³/mol. The molecule has 0 radical (unpaired) electrons. The van der Waals surface area contributed by atoms with Gasteiger partial charge < -0.3 is 10.5 Å². The summed E-state index contributed by atoms with van der Waals surface area (Å²) < 4.78 is 17.6. The quantitative estimate of drug-likeness (QED) is 0.837. The van der Waals surface area contributed by atoms with Gasteiger partial charge in [-0.1, -0.05) is 26.0 Å². The first-order valence-corrected chi connectivity index (χ1v) is 8.21. The topological polar surface area (TPSA) is 52.3 Å². The van der Waals surface area contributed by atoms with Crippen molar-refractivity contribution in [2.24, 2.45) is 5.73 Å². The summed E-state index contributed by atoms with van der Waals surface area (Å²) in [5, 5.41) is 0.203. The van der Waals surface area contributed by atoms with Crippen molar-refractivity contribution in [1.82, 2.24) is 0 Å². The third-order valence-electron chi connectivity index (χ3n) is 3.05. The summed E-state index contributed by atoms with van der Waals surface area (Å²) in [6.45, 7) is 8.04. The molecule has 0 amide bonds. The van der Waals surface area contributed by atoms with Crippen molar-refractivity contribution in [3.05, 3.63) is 29.8 Å². The minimum absolute atomic E-state index is 0.164. The molecule has 3 atom stereocenters. The number of ether oxygens (including phenoxy) is 1. The van der Waals surface area contributed by atoms with Crippen molar-refractivity contribution in [2.45, 2.75) is 51.5 Å². The maximum Gasteiger partial charge on any atom is 0.119 e. The Morgan fingerprint density at radius 2 is 1.79 bits per heavy atom. The molecule has 3 nitrogen and oxygen atoms in total. The van der Waals surface area contributed by atoms with E-state index in [1.807, 2.05) is 52.0 Å². The largest absolute Gasteiger partial charge is 0.491 e. The first kappa shape index (κ1) is 16.2. The lowest BCUT2D eigenvalue weighted by Crippen LogP contribution is -2.23. The maximum atomic E-state index is 12.0. The van der Waals surface area contributed by atoms with Gasteiger partial charge in [-0.15, -0.1) is 0 Å². The lowest BCUT2D eigenvalue weighted by molar-refractivity contribution is 0.242. The van der Waals surface area contributed by atoms with E-state index in [0.717, 1.165) is 17.7 Å². The van der Waals surface area contributed by atoms with Crippen molar-refractivity contribution >= 4 is 10.8 Å². The minimum atomic E-state index is -0.866. The van der Waals surface area contributed by atoms with Crippen LogP contribution in [-0.4, -0.2) is 21.3 Å². The third kappa shape index (κ3) is 5.33. The highest BCUT2D eigenvalue weighted by atomic mass is 32.2. The molecule has 0 aliphatic carbocycles. The maximum absolute atomic E-state index is 12.0. The van der Waals surface area contributed by atoms with E-state index in [1.54, 1.807) is 0 Å². The zero-order valence-electron chi connectivity index (χ0n) is 12.3. The van der Waals surface area contributed by atoms with Crippen LogP contribution in [0, 0.1) is 0 Å². The summed E-state index contributed by atoms with van der Waals surface area (Å²) >= 11 is 0. The van der Waals surface area contributed by atoms with E-state index in [9.17, 15) is 4.21 Å². The molecule has 0 aliphatic rings. The smallest absolute Gasteiger partial charge is 0.119 e.